The van der Waals surface area contributed by atoms with Crippen molar-refractivity contribution in [3.63, 3.8) is 0 Å². The van der Waals surface area contributed by atoms with Gasteiger partial charge >= 0.3 is 0 Å². The summed E-state index contributed by atoms with van der Waals surface area (Å²) >= 11 is 0. The summed E-state index contributed by atoms with van der Waals surface area (Å²) < 4.78 is 0. The van der Waals surface area contributed by atoms with E-state index in [2.05, 4.69) is 177 Å². The van der Waals surface area contributed by atoms with Crippen LogP contribution in [0.4, 0.5) is 11.4 Å². The van der Waals surface area contributed by atoms with Gasteiger partial charge in [0.05, 0.1) is 5.41 Å². The van der Waals surface area contributed by atoms with Gasteiger partial charge in [-0.25, -0.2) is 0 Å². The van der Waals surface area contributed by atoms with E-state index in [0.717, 1.165) is 23.4 Å². The van der Waals surface area contributed by atoms with Gasteiger partial charge in [-0.2, -0.15) is 0 Å². The lowest BCUT2D eigenvalue weighted by molar-refractivity contribution is 0.632. The van der Waals surface area contributed by atoms with Gasteiger partial charge in [-0.15, -0.1) is 0 Å². The molecule has 0 saturated heterocycles. The molecule has 0 aliphatic heterocycles. The van der Waals surface area contributed by atoms with Gasteiger partial charge in [0.1, 0.15) is 0 Å². The number of hydrogen-bond acceptors (Lipinski definition) is 1. The summed E-state index contributed by atoms with van der Waals surface area (Å²) in [6, 6.07) is 81.4. The SMILES string of the molecule is C=C1c2ccccc2CC2(c3c#cccc3-c3ccc(-c4ccccc4)cc32)c2ccccc21.CC.Cc1cccc2ccccc12.c1ccc(Nc2ccccc2)cc1. The molecule has 1 unspecified atom stereocenters. The minimum Gasteiger partial charge on any atom is -0.356 e. The van der Waals surface area contributed by atoms with E-state index in [1.165, 1.54) is 72.0 Å². The summed E-state index contributed by atoms with van der Waals surface area (Å²) in [5.74, 6) is 0. The van der Waals surface area contributed by atoms with Crippen LogP contribution in [0.25, 0.3) is 38.6 Å². The zero-order valence-electron chi connectivity index (χ0n) is 34.6. The predicted molar refractivity (Wildman–Crippen MR) is 256 cm³/mol. The van der Waals surface area contributed by atoms with Gasteiger partial charge in [-0.3, -0.25) is 0 Å². The number of benzene rings is 8. The summed E-state index contributed by atoms with van der Waals surface area (Å²) in [5.41, 5.74) is 17.0. The van der Waals surface area contributed by atoms with Gasteiger partial charge in [0.2, 0.25) is 0 Å². The van der Waals surface area contributed by atoms with Crippen LogP contribution in [-0.4, -0.2) is 0 Å². The third-order valence-corrected chi connectivity index (χ3v) is 11.5. The highest BCUT2D eigenvalue weighted by Gasteiger charge is 2.48. The summed E-state index contributed by atoms with van der Waals surface area (Å²) in [5, 5.41) is 5.99. The van der Waals surface area contributed by atoms with Gasteiger partial charge in [0, 0.05) is 16.9 Å². The topological polar surface area (TPSA) is 12.0 Å². The Balaban J connectivity index is 0.000000156. The maximum absolute atomic E-state index is 4.57. The first-order chi connectivity index (χ1) is 29.6. The van der Waals surface area contributed by atoms with Crippen LogP contribution in [-0.2, 0) is 11.8 Å². The van der Waals surface area contributed by atoms with E-state index in [1.807, 2.05) is 80.6 Å². The monoisotopic (exact) mass is 771 g/mol. The average Bonchev–Trinajstić information content (AvgIpc) is 3.54. The van der Waals surface area contributed by atoms with E-state index < -0.39 is 0 Å². The molecular formula is C59H49N. The molecule has 0 aromatic heterocycles. The first kappa shape index (κ1) is 39.4. The van der Waals surface area contributed by atoms with Crippen LogP contribution in [0.1, 0.15) is 52.8 Å². The van der Waals surface area contributed by atoms with Crippen LogP contribution in [0.2, 0.25) is 0 Å². The maximum Gasteiger partial charge on any atom is 0.0589 e. The fraction of sp³-hybridized carbons (Fsp3) is 0.0847. The van der Waals surface area contributed by atoms with Crippen molar-refractivity contribution in [3.8, 4) is 22.3 Å². The molecule has 0 saturated carbocycles. The van der Waals surface area contributed by atoms with Crippen molar-refractivity contribution in [1.82, 2.24) is 0 Å². The molecule has 1 N–H and O–H groups in total. The fourth-order valence-corrected chi connectivity index (χ4v) is 8.70. The Morgan fingerprint density at radius 1 is 0.500 bits per heavy atom. The molecule has 290 valence electrons. The summed E-state index contributed by atoms with van der Waals surface area (Å²) in [4.78, 5) is 0. The second kappa shape index (κ2) is 18.0. The smallest absolute Gasteiger partial charge is 0.0589 e. The van der Waals surface area contributed by atoms with Crippen molar-refractivity contribution in [2.24, 2.45) is 0 Å². The van der Waals surface area contributed by atoms with E-state index in [9.17, 15) is 0 Å². The molecule has 0 bridgehead atoms. The molecule has 0 radical (unpaired) electrons. The summed E-state index contributed by atoms with van der Waals surface area (Å²) in [7, 11) is 0. The Labute approximate surface area is 356 Å². The third-order valence-electron chi connectivity index (χ3n) is 11.5. The Bertz CT molecular complexity index is 2810. The highest BCUT2D eigenvalue weighted by Crippen LogP contribution is 2.57. The van der Waals surface area contributed by atoms with Crippen molar-refractivity contribution in [3.05, 3.63) is 270 Å². The van der Waals surface area contributed by atoms with Gasteiger partial charge in [0.15, 0.2) is 0 Å². The number of hydrogen-bond donors (Lipinski definition) is 1. The molecule has 0 fully saturated rings. The number of fused-ring (bicyclic) bond motifs is 9. The molecule has 9 aromatic carbocycles. The van der Waals surface area contributed by atoms with Crippen molar-refractivity contribution in [2.75, 3.05) is 5.32 Å². The van der Waals surface area contributed by atoms with Crippen LogP contribution >= 0.6 is 0 Å². The van der Waals surface area contributed by atoms with Crippen LogP contribution in [0, 0.1) is 19.1 Å². The van der Waals surface area contributed by atoms with E-state index in [4.69, 9.17) is 0 Å². The Kier molecular flexibility index (Phi) is 11.8. The number of aryl methyl sites for hydroxylation is 1. The zero-order chi connectivity index (χ0) is 41.3. The third kappa shape index (κ3) is 7.77. The van der Waals surface area contributed by atoms with Crippen LogP contribution in [0.5, 0.6) is 0 Å². The number of nitrogens with one attached hydrogen (secondary N) is 1. The molecule has 0 heterocycles. The van der Waals surface area contributed by atoms with Crippen LogP contribution < -0.4 is 5.32 Å². The fourth-order valence-electron chi connectivity index (χ4n) is 8.70. The first-order valence-electron chi connectivity index (χ1n) is 20.9. The second-order valence-electron chi connectivity index (χ2n) is 14.9. The molecular weight excluding hydrogens is 723 g/mol. The normalized spacial score (nSPS) is 13.8. The van der Waals surface area contributed by atoms with Gasteiger partial charge in [-0.1, -0.05) is 202 Å². The lowest BCUT2D eigenvalue weighted by atomic mass is 9.68. The molecule has 1 atom stereocenters. The highest BCUT2D eigenvalue weighted by atomic mass is 14.9. The lowest BCUT2D eigenvalue weighted by Gasteiger charge is -2.32. The molecule has 2 aliphatic rings. The van der Waals surface area contributed by atoms with Crippen molar-refractivity contribution < 1.29 is 0 Å². The van der Waals surface area contributed by atoms with Crippen molar-refractivity contribution in [1.29, 1.82) is 0 Å². The molecule has 60 heavy (non-hydrogen) atoms. The minimum atomic E-state index is -0.348. The molecule has 1 heteroatoms. The van der Waals surface area contributed by atoms with Gasteiger partial charge in [-0.05, 0) is 128 Å². The molecule has 11 rings (SSSR count). The van der Waals surface area contributed by atoms with Gasteiger partial charge < -0.3 is 5.32 Å². The average molecular weight is 772 g/mol. The van der Waals surface area contributed by atoms with Crippen LogP contribution in [0.3, 0.4) is 0 Å². The highest BCUT2D eigenvalue weighted by molar-refractivity contribution is 5.91. The van der Waals surface area contributed by atoms with E-state index in [-0.39, 0.29) is 5.41 Å². The largest absolute Gasteiger partial charge is 0.356 e. The molecule has 1 spiro atoms. The standard InChI is InChI=1S/C34H22.C12H11N.C11H10.C2H6/c1-23-27-14-6-5-13-26(27)22-34(31-17-9-7-15-28(23)31)32-18-10-8-16-29(32)30-20-19-25(21-33(30)34)24-11-3-2-4-12-24;1-3-7-11(8-4-1)13-12-9-5-2-6-10-12;1-9-5-4-7-10-6-2-3-8-11(9)10;1-2/h2-9,11-17,19-21H,1,22H2;1-10,13H;2-8H,1H3;1-2H3. The van der Waals surface area contributed by atoms with Crippen molar-refractivity contribution >= 4 is 27.7 Å². The van der Waals surface area contributed by atoms with E-state index >= 15 is 0 Å². The molecule has 0 amide bonds. The number of para-hydroxylation sites is 2. The first-order valence-corrected chi connectivity index (χ1v) is 20.9. The summed E-state index contributed by atoms with van der Waals surface area (Å²) in [6.07, 6.45) is 0.867. The van der Waals surface area contributed by atoms with Crippen molar-refractivity contribution in [2.45, 2.75) is 32.6 Å². The number of anilines is 2. The zero-order valence-corrected chi connectivity index (χ0v) is 34.6. The van der Waals surface area contributed by atoms with E-state index in [1.54, 1.807) is 0 Å². The molecule has 1 nitrogen and oxygen atoms in total. The number of rotatable bonds is 3. The van der Waals surface area contributed by atoms with E-state index in [0.29, 0.717) is 0 Å². The predicted octanol–water partition coefficient (Wildman–Crippen LogP) is 15.5. The molecule has 9 aromatic rings. The van der Waals surface area contributed by atoms with Crippen LogP contribution in [0.15, 0.2) is 219 Å². The Morgan fingerprint density at radius 3 is 1.82 bits per heavy atom. The molecule has 2 aliphatic carbocycles. The second-order valence-corrected chi connectivity index (χ2v) is 14.9. The quantitative estimate of drug-likeness (QED) is 0.189. The lowest BCUT2D eigenvalue weighted by Crippen LogP contribution is -2.30. The van der Waals surface area contributed by atoms with Gasteiger partial charge in [0.25, 0.3) is 0 Å². The Hall–Kier alpha value is -7.40. The maximum atomic E-state index is 4.57. The Morgan fingerprint density at radius 2 is 1.10 bits per heavy atom. The minimum absolute atomic E-state index is 0.348. The summed E-state index contributed by atoms with van der Waals surface area (Å²) in [6.45, 7) is 10.7.